The summed E-state index contributed by atoms with van der Waals surface area (Å²) in [4.78, 5) is 4.16. The van der Waals surface area contributed by atoms with Gasteiger partial charge in [-0.15, -0.1) is 0 Å². The van der Waals surface area contributed by atoms with E-state index in [2.05, 4.69) is 16.4 Å². The maximum absolute atomic E-state index is 8.82. The van der Waals surface area contributed by atoms with Gasteiger partial charge in [-0.2, -0.15) is 5.26 Å². The summed E-state index contributed by atoms with van der Waals surface area (Å²) in [6.07, 6.45) is 1.61. The van der Waals surface area contributed by atoms with Gasteiger partial charge in [0.1, 0.15) is 5.82 Å². The molecule has 5 nitrogen and oxygen atoms in total. The van der Waals surface area contributed by atoms with E-state index in [1.165, 1.54) is 0 Å². The van der Waals surface area contributed by atoms with Crippen LogP contribution in [0.2, 0.25) is 0 Å². The molecule has 0 bridgehead atoms. The van der Waals surface area contributed by atoms with Crippen molar-refractivity contribution in [3.05, 3.63) is 47.7 Å². The Labute approximate surface area is 110 Å². The minimum atomic E-state index is 0.276. The van der Waals surface area contributed by atoms with Crippen LogP contribution in [0, 0.1) is 11.3 Å². The molecule has 5 heteroatoms. The molecular formula is C14H11N3O2. The lowest BCUT2D eigenvalue weighted by atomic mass is 10.2. The minimum absolute atomic E-state index is 0.276. The van der Waals surface area contributed by atoms with Gasteiger partial charge in [0.15, 0.2) is 11.5 Å². The van der Waals surface area contributed by atoms with E-state index in [0.717, 1.165) is 17.1 Å². The van der Waals surface area contributed by atoms with E-state index < -0.39 is 0 Å². The standard InChI is InChI=1S/C14H11N3O2/c15-7-10-3-4-16-14(6-10)17-8-11-1-2-12-13(5-11)19-9-18-12/h1-6H,8-9H2,(H,16,17). The van der Waals surface area contributed by atoms with Gasteiger partial charge < -0.3 is 14.8 Å². The molecular weight excluding hydrogens is 242 g/mol. The molecule has 19 heavy (non-hydrogen) atoms. The summed E-state index contributed by atoms with van der Waals surface area (Å²) >= 11 is 0. The molecule has 3 rings (SSSR count). The van der Waals surface area contributed by atoms with Gasteiger partial charge in [0.2, 0.25) is 6.79 Å². The number of rotatable bonds is 3. The number of hydrogen-bond acceptors (Lipinski definition) is 5. The molecule has 1 aromatic carbocycles. The van der Waals surface area contributed by atoms with Gasteiger partial charge in [-0.1, -0.05) is 6.07 Å². The van der Waals surface area contributed by atoms with E-state index in [-0.39, 0.29) is 6.79 Å². The van der Waals surface area contributed by atoms with Crippen LogP contribution in [0.1, 0.15) is 11.1 Å². The van der Waals surface area contributed by atoms with Crippen LogP contribution >= 0.6 is 0 Å². The van der Waals surface area contributed by atoms with Crippen molar-refractivity contribution in [1.29, 1.82) is 5.26 Å². The van der Waals surface area contributed by atoms with E-state index in [1.807, 2.05) is 18.2 Å². The zero-order valence-corrected chi connectivity index (χ0v) is 10.1. The summed E-state index contributed by atoms with van der Waals surface area (Å²) in [5, 5.41) is 12.0. The first kappa shape index (κ1) is 11.4. The van der Waals surface area contributed by atoms with Gasteiger partial charge in [-0.05, 0) is 29.8 Å². The first-order valence-electron chi connectivity index (χ1n) is 5.84. The van der Waals surface area contributed by atoms with Crippen LogP contribution in [-0.4, -0.2) is 11.8 Å². The number of pyridine rings is 1. The second-order valence-electron chi connectivity index (χ2n) is 4.08. The van der Waals surface area contributed by atoms with Crippen molar-refractivity contribution in [1.82, 2.24) is 4.98 Å². The molecule has 1 aliphatic heterocycles. The lowest BCUT2D eigenvalue weighted by molar-refractivity contribution is 0.174. The Hall–Kier alpha value is -2.74. The molecule has 0 saturated carbocycles. The van der Waals surface area contributed by atoms with E-state index in [0.29, 0.717) is 17.9 Å². The third-order valence-corrected chi connectivity index (χ3v) is 2.80. The molecule has 2 heterocycles. The van der Waals surface area contributed by atoms with Gasteiger partial charge in [0.25, 0.3) is 0 Å². The zero-order chi connectivity index (χ0) is 13.1. The van der Waals surface area contributed by atoms with Crippen molar-refractivity contribution in [2.75, 3.05) is 12.1 Å². The fraction of sp³-hybridized carbons (Fsp3) is 0.143. The molecule has 0 saturated heterocycles. The molecule has 0 fully saturated rings. The molecule has 1 aliphatic rings. The Morgan fingerprint density at radius 2 is 2.11 bits per heavy atom. The number of aromatic nitrogens is 1. The number of anilines is 1. The van der Waals surface area contributed by atoms with E-state index in [1.54, 1.807) is 18.3 Å². The third-order valence-electron chi connectivity index (χ3n) is 2.80. The number of ether oxygens (including phenoxy) is 2. The number of hydrogen-bond donors (Lipinski definition) is 1. The normalized spacial score (nSPS) is 11.9. The van der Waals surface area contributed by atoms with Gasteiger partial charge >= 0.3 is 0 Å². The molecule has 0 radical (unpaired) electrons. The lowest BCUT2D eigenvalue weighted by Gasteiger charge is -2.06. The van der Waals surface area contributed by atoms with E-state index >= 15 is 0 Å². The highest BCUT2D eigenvalue weighted by Crippen LogP contribution is 2.32. The lowest BCUT2D eigenvalue weighted by Crippen LogP contribution is -2.01. The summed E-state index contributed by atoms with van der Waals surface area (Å²) < 4.78 is 10.6. The predicted molar refractivity (Wildman–Crippen MR) is 68.8 cm³/mol. The molecule has 0 spiro atoms. The number of benzene rings is 1. The molecule has 0 aliphatic carbocycles. The fourth-order valence-electron chi connectivity index (χ4n) is 1.84. The topological polar surface area (TPSA) is 67.2 Å². The first-order valence-corrected chi connectivity index (χ1v) is 5.84. The number of nitriles is 1. The minimum Gasteiger partial charge on any atom is -0.454 e. The second kappa shape index (κ2) is 4.86. The Morgan fingerprint density at radius 3 is 3.00 bits per heavy atom. The average Bonchev–Trinajstić information content (AvgIpc) is 2.93. The molecule has 2 aromatic rings. The van der Waals surface area contributed by atoms with Gasteiger partial charge in [0.05, 0.1) is 11.6 Å². The molecule has 94 valence electrons. The number of nitrogens with zero attached hydrogens (tertiary/aromatic N) is 2. The number of nitrogens with one attached hydrogen (secondary N) is 1. The van der Waals surface area contributed by atoms with Gasteiger partial charge in [-0.25, -0.2) is 4.98 Å². The molecule has 1 aromatic heterocycles. The maximum atomic E-state index is 8.82. The first-order chi connectivity index (χ1) is 9.35. The van der Waals surface area contributed by atoms with E-state index in [9.17, 15) is 0 Å². The van der Waals surface area contributed by atoms with Gasteiger partial charge in [0, 0.05) is 12.7 Å². The number of fused-ring (bicyclic) bond motifs is 1. The summed E-state index contributed by atoms with van der Waals surface area (Å²) in [6, 6.07) is 11.3. The summed E-state index contributed by atoms with van der Waals surface area (Å²) in [5.74, 6) is 2.21. The van der Waals surface area contributed by atoms with Crippen LogP contribution in [0.4, 0.5) is 5.82 Å². The van der Waals surface area contributed by atoms with Crippen molar-refractivity contribution in [2.45, 2.75) is 6.54 Å². The highest BCUT2D eigenvalue weighted by atomic mass is 16.7. The molecule has 0 atom stereocenters. The van der Waals surface area contributed by atoms with Crippen LogP contribution in [0.5, 0.6) is 11.5 Å². The maximum Gasteiger partial charge on any atom is 0.231 e. The predicted octanol–water partition coefficient (Wildman–Crippen LogP) is 2.29. The monoisotopic (exact) mass is 253 g/mol. The molecule has 0 unspecified atom stereocenters. The van der Waals surface area contributed by atoms with Crippen LogP contribution in [-0.2, 0) is 6.54 Å². The Morgan fingerprint density at radius 1 is 1.21 bits per heavy atom. The van der Waals surface area contributed by atoms with Gasteiger partial charge in [-0.3, -0.25) is 0 Å². The molecule has 0 amide bonds. The average molecular weight is 253 g/mol. The van der Waals surface area contributed by atoms with Crippen molar-refractivity contribution in [3.8, 4) is 17.6 Å². The van der Waals surface area contributed by atoms with E-state index in [4.69, 9.17) is 14.7 Å². The van der Waals surface area contributed by atoms with Crippen molar-refractivity contribution in [3.63, 3.8) is 0 Å². The molecule has 1 N–H and O–H groups in total. The largest absolute Gasteiger partial charge is 0.454 e. The summed E-state index contributed by atoms with van der Waals surface area (Å²) in [6.45, 7) is 0.885. The van der Waals surface area contributed by atoms with Crippen molar-refractivity contribution >= 4 is 5.82 Å². The SMILES string of the molecule is N#Cc1ccnc(NCc2ccc3c(c2)OCO3)c1. The fourth-order valence-corrected chi connectivity index (χ4v) is 1.84. The highest BCUT2D eigenvalue weighted by Gasteiger charge is 2.12. The Kier molecular flexibility index (Phi) is 2.91. The van der Waals surface area contributed by atoms with Crippen molar-refractivity contribution in [2.24, 2.45) is 0 Å². The zero-order valence-electron chi connectivity index (χ0n) is 10.1. The van der Waals surface area contributed by atoms with Crippen LogP contribution in [0.15, 0.2) is 36.5 Å². The highest BCUT2D eigenvalue weighted by molar-refractivity contribution is 5.47. The quantitative estimate of drug-likeness (QED) is 0.909. The summed E-state index contributed by atoms with van der Waals surface area (Å²) in [5.41, 5.74) is 1.65. The second-order valence-corrected chi connectivity index (χ2v) is 4.08. The van der Waals surface area contributed by atoms with Crippen molar-refractivity contribution < 1.29 is 9.47 Å². The Bertz CT molecular complexity index is 649. The van der Waals surface area contributed by atoms with Crippen LogP contribution in [0.25, 0.3) is 0 Å². The van der Waals surface area contributed by atoms with Crippen LogP contribution in [0.3, 0.4) is 0 Å². The third kappa shape index (κ3) is 2.43. The smallest absolute Gasteiger partial charge is 0.231 e. The van der Waals surface area contributed by atoms with Crippen LogP contribution < -0.4 is 14.8 Å². The summed E-state index contributed by atoms with van der Waals surface area (Å²) in [7, 11) is 0. The Balaban J connectivity index is 1.70.